The van der Waals surface area contributed by atoms with E-state index in [1.54, 1.807) is 0 Å². The van der Waals surface area contributed by atoms with Gasteiger partial charge in [-0.3, -0.25) is 4.79 Å². The van der Waals surface area contributed by atoms with Crippen LogP contribution in [0.3, 0.4) is 0 Å². The summed E-state index contributed by atoms with van der Waals surface area (Å²) in [5.41, 5.74) is 0. The molecule has 0 saturated heterocycles. The third-order valence-corrected chi connectivity index (χ3v) is 0.644. The van der Waals surface area contributed by atoms with E-state index in [9.17, 15) is 4.79 Å². The molecule has 3 heteroatoms. The lowest BCUT2D eigenvalue weighted by Crippen LogP contribution is -2.07. The van der Waals surface area contributed by atoms with Crippen molar-refractivity contribution in [2.24, 2.45) is 0 Å². The van der Waals surface area contributed by atoms with Crippen molar-refractivity contribution in [1.29, 1.82) is 0 Å². The van der Waals surface area contributed by atoms with E-state index in [0.29, 0.717) is 0 Å². The molecular formula is C3H5ClO2. The van der Waals surface area contributed by atoms with Gasteiger partial charge in [0, 0.05) is 0 Å². The zero-order valence-corrected chi connectivity index (χ0v) is 4.07. The SMILES string of the molecule is C[C@H](O)C(=O)Cl. The number of halogens is 1. The Labute approximate surface area is 40.7 Å². The fourth-order valence-corrected chi connectivity index (χ4v) is 0. The Morgan fingerprint density at radius 2 is 2.17 bits per heavy atom. The van der Waals surface area contributed by atoms with Crippen LogP contribution in [0, 0.1) is 0 Å². The Hall–Kier alpha value is -0.0800. The monoisotopic (exact) mass is 108 g/mol. The maximum absolute atomic E-state index is 9.66. The number of aliphatic hydroxyl groups excluding tert-OH is 1. The summed E-state index contributed by atoms with van der Waals surface area (Å²) in [7, 11) is 0. The Morgan fingerprint density at radius 3 is 2.17 bits per heavy atom. The van der Waals surface area contributed by atoms with Crippen molar-refractivity contribution in [3.63, 3.8) is 0 Å². The Balaban J connectivity index is 3.26. The lowest BCUT2D eigenvalue weighted by atomic mass is 10.5. The summed E-state index contributed by atoms with van der Waals surface area (Å²) in [6.45, 7) is 1.31. The lowest BCUT2D eigenvalue weighted by Gasteiger charge is -1.88. The molecule has 0 aromatic heterocycles. The van der Waals surface area contributed by atoms with Crippen molar-refractivity contribution in [3.8, 4) is 0 Å². The van der Waals surface area contributed by atoms with Gasteiger partial charge in [0.05, 0.1) is 0 Å². The molecule has 6 heavy (non-hydrogen) atoms. The Kier molecular flexibility index (Phi) is 2.13. The molecule has 0 aromatic rings. The predicted octanol–water partition coefficient (Wildman–Crippen LogP) is 0.133. The topological polar surface area (TPSA) is 37.3 Å². The van der Waals surface area contributed by atoms with Gasteiger partial charge in [-0.2, -0.15) is 0 Å². The standard InChI is InChI=1S/C3H5ClO2/c1-2(5)3(4)6/h2,5H,1H3/t2-/m0/s1. The maximum Gasteiger partial charge on any atom is 0.249 e. The fraction of sp³-hybridized carbons (Fsp3) is 0.667. The first-order valence-corrected chi connectivity index (χ1v) is 1.90. The molecular weight excluding hydrogens is 103 g/mol. The van der Waals surface area contributed by atoms with E-state index < -0.39 is 11.3 Å². The largest absolute Gasteiger partial charge is 0.384 e. The minimum atomic E-state index is -1.02. The van der Waals surface area contributed by atoms with Crippen LogP contribution in [0.5, 0.6) is 0 Å². The second-order valence-electron chi connectivity index (χ2n) is 0.980. The van der Waals surface area contributed by atoms with E-state index in [-0.39, 0.29) is 0 Å². The highest BCUT2D eigenvalue weighted by atomic mass is 35.5. The van der Waals surface area contributed by atoms with Crippen LogP contribution in [0.1, 0.15) is 6.92 Å². The average Bonchev–Trinajstić information content (AvgIpc) is 1.36. The summed E-state index contributed by atoms with van der Waals surface area (Å²) in [5, 5.41) is 7.44. The number of carbonyl (C=O) groups excluding carboxylic acids is 1. The zero-order valence-electron chi connectivity index (χ0n) is 3.31. The molecule has 0 aliphatic heterocycles. The molecule has 0 fully saturated rings. The molecule has 0 amide bonds. The highest BCUT2D eigenvalue weighted by Gasteiger charge is 2.00. The van der Waals surface area contributed by atoms with E-state index in [4.69, 9.17) is 16.7 Å². The highest BCUT2D eigenvalue weighted by Crippen LogP contribution is 1.85. The van der Waals surface area contributed by atoms with Crippen LogP contribution >= 0.6 is 11.6 Å². The van der Waals surface area contributed by atoms with Crippen LogP contribution in [0.15, 0.2) is 0 Å². The molecule has 0 aromatic carbocycles. The van der Waals surface area contributed by atoms with Gasteiger partial charge in [-0.25, -0.2) is 0 Å². The quantitative estimate of drug-likeness (QED) is 0.485. The van der Waals surface area contributed by atoms with Gasteiger partial charge in [-0.15, -0.1) is 0 Å². The van der Waals surface area contributed by atoms with Crippen molar-refractivity contribution in [3.05, 3.63) is 0 Å². The molecule has 2 nitrogen and oxygen atoms in total. The molecule has 1 N–H and O–H groups in total. The summed E-state index contributed by atoms with van der Waals surface area (Å²) in [4.78, 5) is 9.66. The van der Waals surface area contributed by atoms with E-state index >= 15 is 0 Å². The van der Waals surface area contributed by atoms with Crippen LogP contribution < -0.4 is 0 Å². The maximum atomic E-state index is 9.66. The number of hydrogen-bond donors (Lipinski definition) is 1. The molecule has 0 saturated carbocycles. The molecule has 0 heterocycles. The van der Waals surface area contributed by atoms with Gasteiger partial charge < -0.3 is 5.11 Å². The minimum absolute atomic E-state index is 0.713. The highest BCUT2D eigenvalue weighted by molar-refractivity contribution is 6.64. The molecule has 1 atom stereocenters. The van der Waals surface area contributed by atoms with E-state index in [2.05, 4.69) is 0 Å². The van der Waals surface area contributed by atoms with Crippen LogP contribution in [0.4, 0.5) is 0 Å². The van der Waals surface area contributed by atoms with E-state index in [1.165, 1.54) is 6.92 Å². The molecule has 0 rings (SSSR count). The van der Waals surface area contributed by atoms with E-state index in [0.717, 1.165) is 0 Å². The Morgan fingerprint density at radius 1 is 2.00 bits per heavy atom. The van der Waals surface area contributed by atoms with Crippen molar-refractivity contribution in [2.75, 3.05) is 0 Å². The first-order chi connectivity index (χ1) is 2.64. The number of rotatable bonds is 1. The Bertz CT molecular complexity index is 59.8. The molecule has 36 valence electrons. The van der Waals surface area contributed by atoms with Crippen LogP contribution in [-0.2, 0) is 4.79 Å². The second-order valence-corrected chi connectivity index (χ2v) is 1.35. The van der Waals surface area contributed by atoms with Crippen molar-refractivity contribution in [1.82, 2.24) is 0 Å². The van der Waals surface area contributed by atoms with Crippen molar-refractivity contribution >= 4 is 16.8 Å². The third kappa shape index (κ3) is 2.18. The second kappa shape index (κ2) is 2.16. The summed E-state index contributed by atoms with van der Waals surface area (Å²) in [5.74, 6) is 0. The van der Waals surface area contributed by atoms with Gasteiger partial charge in [0.2, 0.25) is 5.24 Å². The first kappa shape index (κ1) is 5.92. The molecule has 0 spiro atoms. The normalized spacial score (nSPS) is 13.8. The van der Waals surface area contributed by atoms with Gasteiger partial charge in [0.25, 0.3) is 0 Å². The summed E-state index contributed by atoms with van der Waals surface area (Å²) >= 11 is 4.72. The van der Waals surface area contributed by atoms with Gasteiger partial charge in [-0.1, -0.05) is 0 Å². The first-order valence-electron chi connectivity index (χ1n) is 1.52. The smallest absolute Gasteiger partial charge is 0.249 e. The third-order valence-electron chi connectivity index (χ3n) is 0.328. The summed E-state index contributed by atoms with van der Waals surface area (Å²) < 4.78 is 0. The molecule has 0 radical (unpaired) electrons. The number of aliphatic hydroxyl groups is 1. The van der Waals surface area contributed by atoms with Crippen LogP contribution in [0.25, 0.3) is 0 Å². The molecule has 0 bridgehead atoms. The fourth-order valence-electron chi connectivity index (χ4n) is 0. The van der Waals surface area contributed by atoms with Gasteiger partial charge in [0.15, 0.2) is 0 Å². The molecule has 0 unspecified atom stereocenters. The summed E-state index contributed by atoms with van der Waals surface area (Å²) in [6.07, 6.45) is -1.02. The number of carbonyl (C=O) groups is 1. The average molecular weight is 109 g/mol. The molecule has 0 aliphatic carbocycles. The van der Waals surface area contributed by atoms with Gasteiger partial charge >= 0.3 is 0 Å². The lowest BCUT2D eigenvalue weighted by molar-refractivity contribution is -0.118. The molecule has 0 aliphatic rings. The van der Waals surface area contributed by atoms with Crippen molar-refractivity contribution < 1.29 is 9.90 Å². The van der Waals surface area contributed by atoms with Crippen LogP contribution in [0.2, 0.25) is 0 Å². The zero-order chi connectivity index (χ0) is 5.15. The minimum Gasteiger partial charge on any atom is -0.384 e. The van der Waals surface area contributed by atoms with Crippen molar-refractivity contribution in [2.45, 2.75) is 13.0 Å². The van der Waals surface area contributed by atoms with Crippen LogP contribution in [-0.4, -0.2) is 16.5 Å². The van der Waals surface area contributed by atoms with Gasteiger partial charge in [-0.05, 0) is 18.5 Å². The van der Waals surface area contributed by atoms with E-state index in [1.807, 2.05) is 0 Å². The predicted molar refractivity (Wildman–Crippen MR) is 22.5 cm³/mol. The van der Waals surface area contributed by atoms with Gasteiger partial charge in [0.1, 0.15) is 6.10 Å². The number of hydrogen-bond acceptors (Lipinski definition) is 2. The summed E-state index contributed by atoms with van der Waals surface area (Å²) in [6, 6.07) is 0.